The molecule has 0 aliphatic carbocycles. The van der Waals surface area contributed by atoms with E-state index in [0.717, 1.165) is 6.54 Å². The third kappa shape index (κ3) is 3.94. The molecule has 94 valence electrons. The number of amides is 1. The summed E-state index contributed by atoms with van der Waals surface area (Å²) in [6, 6.07) is 0. The molecule has 6 heteroatoms. The zero-order chi connectivity index (χ0) is 12.2. The fourth-order valence-electron chi connectivity index (χ4n) is 1.63. The lowest BCUT2D eigenvalue weighted by molar-refractivity contribution is -0.150. The van der Waals surface area contributed by atoms with Gasteiger partial charge in [0.1, 0.15) is 12.2 Å². The Hall–Kier alpha value is -0.880. The molecule has 1 aliphatic heterocycles. The van der Waals surface area contributed by atoms with E-state index >= 15 is 0 Å². The zero-order valence-electron chi connectivity index (χ0n) is 9.93. The molecule has 0 spiro atoms. The fraction of sp³-hybridized carbons (Fsp3) is 0.900. The zero-order valence-corrected chi connectivity index (χ0v) is 9.93. The van der Waals surface area contributed by atoms with Gasteiger partial charge < -0.3 is 15.4 Å². The van der Waals surface area contributed by atoms with Crippen molar-refractivity contribution in [3.05, 3.63) is 0 Å². The maximum absolute atomic E-state index is 12.0. The van der Waals surface area contributed by atoms with Crippen LogP contribution in [0.1, 0.15) is 27.2 Å². The Bertz CT molecular complexity index is 247. The van der Waals surface area contributed by atoms with Gasteiger partial charge in [-0.2, -0.15) is 4.94 Å². The first-order valence-corrected chi connectivity index (χ1v) is 5.32. The van der Waals surface area contributed by atoms with Crippen molar-refractivity contribution in [1.82, 2.24) is 10.6 Å². The Labute approximate surface area is 94.6 Å². The highest BCUT2D eigenvalue weighted by molar-refractivity contribution is 5.69. The molecular formula is C10H19FN2O3. The van der Waals surface area contributed by atoms with Crippen LogP contribution in [0, 0.1) is 0 Å². The number of halogens is 1. The summed E-state index contributed by atoms with van der Waals surface area (Å²) in [7, 11) is 0. The van der Waals surface area contributed by atoms with Gasteiger partial charge in [0.15, 0.2) is 0 Å². The van der Waals surface area contributed by atoms with Crippen molar-refractivity contribution in [2.45, 2.75) is 38.3 Å². The lowest BCUT2D eigenvalue weighted by atomic mass is 10.0. The number of ether oxygens (including phenoxy) is 1. The van der Waals surface area contributed by atoms with Gasteiger partial charge in [-0.25, -0.2) is 4.79 Å². The first-order chi connectivity index (χ1) is 7.37. The minimum atomic E-state index is -0.697. The van der Waals surface area contributed by atoms with Gasteiger partial charge in [0, 0.05) is 6.54 Å². The summed E-state index contributed by atoms with van der Waals surface area (Å²) in [6.45, 7) is 6.36. The monoisotopic (exact) mass is 234 g/mol. The van der Waals surface area contributed by atoms with E-state index in [1.54, 1.807) is 20.8 Å². The second-order valence-electron chi connectivity index (χ2n) is 5.09. The fourth-order valence-corrected chi connectivity index (χ4v) is 1.63. The molecule has 0 radical (unpaired) electrons. The van der Waals surface area contributed by atoms with Crippen LogP contribution >= 0.6 is 0 Å². The van der Waals surface area contributed by atoms with E-state index in [0.29, 0.717) is 13.0 Å². The maximum Gasteiger partial charge on any atom is 0.408 e. The standard InChI is InChI=1S/C10H19FN2O3/c1-9(2,3)16-8(14)13-10(7-15-11)4-5-12-6-10/h12H,4-7H2,1-3H3,(H,13,14). The lowest BCUT2D eigenvalue weighted by Gasteiger charge is -2.29. The number of nitrogens with one attached hydrogen (secondary N) is 2. The van der Waals surface area contributed by atoms with E-state index in [1.165, 1.54) is 0 Å². The van der Waals surface area contributed by atoms with Crippen LogP contribution in [0.15, 0.2) is 0 Å². The van der Waals surface area contributed by atoms with Gasteiger partial charge in [-0.05, 0) is 38.3 Å². The molecule has 16 heavy (non-hydrogen) atoms. The van der Waals surface area contributed by atoms with E-state index in [1.807, 2.05) is 0 Å². The quantitative estimate of drug-likeness (QED) is 0.769. The number of rotatable bonds is 3. The van der Waals surface area contributed by atoms with Crippen molar-refractivity contribution in [1.29, 1.82) is 0 Å². The van der Waals surface area contributed by atoms with Gasteiger partial charge >= 0.3 is 6.09 Å². The molecule has 1 fully saturated rings. The summed E-state index contributed by atoms with van der Waals surface area (Å²) in [5.41, 5.74) is -1.26. The van der Waals surface area contributed by atoms with Gasteiger partial charge in [-0.3, -0.25) is 0 Å². The molecule has 1 unspecified atom stereocenters. The molecule has 0 aromatic heterocycles. The molecule has 1 amide bonds. The molecular weight excluding hydrogens is 215 g/mol. The molecule has 0 aromatic rings. The molecule has 1 saturated heterocycles. The Morgan fingerprint density at radius 3 is 2.69 bits per heavy atom. The number of alkyl carbamates (subject to hydrolysis) is 1. The molecule has 1 heterocycles. The lowest BCUT2D eigenvalue weighted by Crippen LogP contribution is -2.54. The minimum absolute atomic E-state index is 0.167. The SMILES string of the molecule is CC(C)(C)OC(=O)NC1(COF)CCNC1. The Kier molecular flexibility index (Phi) is 4.09. The predicted molar refractivity (Wildman–Crippen MR) is 56.6 cm³/mol. The first-order valence-electron chi connectivity index (χ1n) is 5.32. The highest BCUT2D eigenvalue weighted by Crippen LogP contribution is 2.17. The molecule has 1 atom stereocenters. The second-order valence-corrected chi connectivity index (χ2v) is 5.09. The normalized spacial score (nSPS) is 25.5. The average molecular weight is 234 g/mol. The topological polar surface area (TPSA) is 59.6 Å². The van der Waals surface area contributed by atoms with E-state index in [-0.39, 0.29) is 6.61 Å². The van der Waals surface area contributed by atoms with Crippen LogP contribution in [-0.2, 0) is 9.68 Å². The van der Waals surface area contributed by atoms with Crippen LogP contribution in [0.2, 0.25) is 0 Å². The smallest absolute Gasteiger partial charge is 0.408 e. The molecule has 0 saturated carbocycles. The third-order valence-corrected chi connectivity index (χ3v) is 2.34. The highest BCUT2D eigenvalue weighted by atomic mass is 19.3. The van der Waals surface area contributed by atoms with Crippen molar-refractivity contribution in [2.75, 3.05) is 19.7 Å². The van der Waals surface area contributed by atoms with E-state index < -0.39 is 17.2 Å². The van der Waals surface area contributed by atoms with Gasteiger partial charge in [0.2, 0.25) is 0 Å². The maximum atomic E-state index is 12.0. The second kappa shape index (κ2) is 4.97. The van der Waals surface area contributed by atoms with Crippen molar-refractivity contribution < 1.29 is 19.0 Å². The summed E-state index contributed by atoms with van der Waals surface area (Å²) in [6.07, 6.45) is 0.0733. The minimum Gasteiger partial charge on any atom is -0.444 e. The number of hydrogen-bond acceptors (Lipinski definition) is 4. The van der Waals surface area contributed by atoms with E-state index in [4.69, 9.17) is 4.74 Å². The predicted octanol–water partition coefficient (Wildman–Crippen LogP) is 1.14. The third-order valence-electron chi connectivity index (χ3n) is 2.34. The van der Waals surface area contributed by atoms with Crippen LogP contribution < -0.4 is 10.6 Å². The Morgan fingerprint density at radius 1 is 1.56 bits per heavy atom. The molecule has 1 rings (SSSR count). The molecule has 0 bridgehead atoms. The van der Waals surface area contributed by atoms with Crippen molar-refractivity contribution in [2.24, 2.45) is 0 Å². The largest absolute Gasteiger partial charge is 0.444 e. The number of carbonyl (C=O) groups excluding carboxylic acids is 1. The summed E-state index contributed by atoms with van der Waals surface area (Å²) in [5.74, 6) is 0. The Morgan fingerprint density at radius 2 is 2.25 bits per heavy atom. The number of hydrogen-bond donors (Lipinski definition) is 2. The summed E-state index contributed by atoms with van der Waals surface area (Å²) in [4.78, 5) is 15.2. The van der Waals surface area contributed by atoms with Crippen LogP contribution in [0.4, 0.5) is 9.32 Å². The Balaban J connectivity index is 2.52. The van der Waals surface area contributed by atoms with Crippen LogP contribution in [0.5, 0.6) is 0 Å². The van der Waals surface area contributed by atoms with Crippen LogP contribution in [0.25, 0.3) is 0 Å². The van der Waals surface area contributed by atoms with Crippen molar-refractivity contribution in [3.8, 4) is 0 Å². The van der Waals surface area contributed by atoms with Crippen molar-refractivity contribution >= 4 is 6.09 Å². The summed E-state index contributed by atoms with van der Waals surface area (Å²) in [5, 5.41) is 5.71. The summed E-state index contributed by atoms with van der Waals surface area (Å²) >= 11 is 0. The van der Waals surface area contributed by atoms with Crippen LogP contribution in [-0.4, -0.2) is 36.9 Å². The number of carbonyl (C=O) groups is 1. The van der Waals surface area contributed by atoms with Gasteiger partial charge in [0.25, 0.3) is 0 Å². The highest BCUT2D eigenvalue weighted by Gasteiger charge is 2.37. The summed E-state index contributed by atoms with van der Waals surface area (Å²) < 4.78 is 17.1. The molecule has 1 aliphatic rings. The van der Waals surface area contributed by atoms with E-state index in [2.05, 4.69) is 15.6 Å². The van der Waals surface area contributed by atoms with Gasteiger partial charge in [-0.1, -0.05) is 0 Å². The van der Waals surface area contributed by atoms with E-state index in [9.17, 15) is 9.32 Å². The molecule has 0 aromatic carbocycles. The average Bonchev–Trinajstić information content (AvgIpc) is 2.49. The molecule has 5 nitrogen and oxygen atoms in total. The van der Waals surface area contributed by atoms with Crippen molar-refractivity contribution in [3.63, 3.8) is 0 Å². The first kappa shape index (κ1) is 13.2. The van der Waals surface area contributed by atoms with Gasteiger partial charge in [0.05, 0.1) is 5.54 Å². The van der Waals surface area contributed by atoms with Crippen LogP contribution in [0.3, 0.4) is 0 Å². The van der Waals surface area contributed by atoms with Gasteiger partial charge in [-0.15, -0.1) is 0 Å². The molecule has 2 N–H and O–H groups in total.